The second kappa shape index (κ2) is 7.48. The van der Waals surface area contributed by atoms with Crippen LogP contribution in [0.4, 0.5) is 10.1 Å². The molecular weight excluding hydrogens is 345 g/mol. The third-order valence-electron chi connectivity index (χ3n) is 5.10. The number of nitrogens with zero attached hydrogens (tertiary/aromatic N) is 1. The zero-order valence-electron chi connectivity index (χ0n) is 15.6. The molecule has 6 heteroatoms. The molecule has 0 aliphatic carbocycles. The van der Waals surface area contributed by atoms with Crippen LogP contribution in [-0.2, 0) is 6.42 Å². The van der Waals surface area contributed by atoms with Crippen LogP contribution in [0, 0.1) is 5.82 Å². The van der Waals surface area contributed by atoms with Crippen molar-refractivity contribution in [2.24, 2.45) is 0 Å². The summed E-state index contributed by atoms with van der Waals surface area (Å²) < 4.78 is 24.9. The van der Waals surface area contributed by atoms with Crippen LogP contribution in [0.3, 0.4) is 0 Å². The molecular formula is C21H24FN3O2. The summed E-state index contributed by atoms with van der Waals surface area (Å²) in [5, 5.41) is 4.38. The van der Waals surface area contributed by atoms with Gasteiger partial charge in [0.2, 0.25) is 0 Å². The fraction of sp³-hybridized carbons (Fsp3) is 0.333. The molecule has 2 heterocycles. The molecule has 27 heavy (non-hydrogen) atoms. The highest BCUT2D eigenvalue weighted by Gasteiger charge is 2.23. The number of halogens is 1. The molecule has 0 fully saturated rings. The van der Waals surface area contributed by atoms with E-state index in [1.165, 1.54) is 6.07 Å². The number of anilines is 1. The molecule has 1 aliphatic rings. The first-order valence-corrected chi connectivity index (χ1v) is 9.18. The van der Waals surface area contributed by atoms with Gasteiger partial charge in [0.1, 0.15) is 17.3 Å². The zero-order valence-corrected chi connectivity index (χ0v) is 15.6. The lowest BCUT2D eigenvalue weighted by Crippen LogP contribution is -2.44. The monoisotopic (exact) mass is 369 g/mol. The van der Waals surface area contributed by atoms with E-state index in [0.29, 0.717) is 0 Å². The Hall–Kier alpha value is -2.73. The van der Waals surface area contributed by atoms with Crippen LogP contribution in [0.1, 0.15) is 12.0 Å². The largest absolute Gasteiger partial charge is 0.497 e. The fourth-order valence-corrected chi connectivity index (χ4v) is 3.52. The number of benzene rings is 2. The molecule has 1 aliphatic heterocycles. The summed E-state index contributed by atoms with van der Waals surface area (Å²) in [7, 11) is 3.71. The highest BCUT2D eigenvalue weighted by Crippen LogP contribution is 2.33. The SMILES string of the molecule is COc1ccc2c(c1)OC(N(C)CCCc1c[nH]c3ccc(F)cc13)CN2. The van der Waals surface area contributed by atoms with Crippen molar-refractivity contribution in [1.29, 1.82) is 0 Å². The van der Waals surface area contributed by atoms with Crippen LogP contribution in [0.2, 0.25) is 0 Å². The molecule has 0 saturated carbocycles. The number of hydrogen-bond acceptors (Lipinski definition) is 4. The van der Waals surface area contributed by atoms with E-state index in [1.807, 2.05) is 24.4 Å². The predicted octanol–water partition coefficient (Wildman–Crippen LogP) is 4.01. The van der Waals surface area contributed by atoms with Crippen molar-refractivity contribution in [2.45, 2.75) is 19.1 Å². The van der Waals surface area contributed by atoms with Gasteiger partial charge < -0.3 is 19.8 Å². The van der Waals surface area contributed by atoms with E-state index in [9.17, 15) is 4.39 Å². The van der Waals surface area contributed by atoms with Crippen LogP contribution in [0.25, 0.3) is 10.9 Å². The summed E-state index contributed by atoms with van der Waals surface area (Å²) >= 11 is 0. The van der Waals surface area contributed by atoms with Crippen molar-refractivity contribution < 1.29 is 13.9 Å². The third-order valence-corrected chi connectivity index (χ3v) is 5.10. The molecule has 2 N–H and O–H groups in total. The average Bonchev–Trinajstić information content (AvgIpc) is 3.09. The number of likely N-dealkylation sites (N-methyl/N-ethyl adjacent to an activating group) is 1. The maximum atomic E-state index is 13.5. The summed E-state index contributed by atoms with van der Waals surface area (Å²) in [5.74, 6) is 1.39. The lowest BCUT2D eigenvalue weighted by molar-refractivity contribution is 0.0498. The minimum Gasteiger partial charge on any atom is -0.497 e. The van der Waals surface area contributed by atoms with E-state index < -0.39 is 0 Å². The van der Waals surface area contributed by atoms with Crippen LogP contribution < -0.4 is 14.8 Å². The van der Waals surface area contributed by atoms with Crippen molar-refractivity contribution in [2.75, 3.05) is 32.6 Å². The van der Waals surface area contributed by atoms with E-state index in [4.69, 9.17) is 9.47 Å². The Morgan fingerprint density at radius 2 is 2.15 bits per heavy atom. The Kier molecular flexibility index (Phi) is 4.90. The highest BCUT2D eigenvalue weighted by molar-refractivity contribution is 5.83. The Balaban J connectivity index is 1.35. The summed E-state index contributed by atoms with van der Waals surface area (Å²) in [5.41, 5.74) is 3.11. The fourth-order valence-electron chi connectivity index (χ4n) is 3.52. The zero-order chi connectivity index (χ0) is 18.8. The Labute approximate surface area is 158 Å². The number of fused-ring (bicyclic) bond motifs is 2. The molecule has 1 unspecified atom stereocenters. The maximum absolute atomic E-state index is 13.5. The molecule has 3 aromatic rings. The number of hydrogen-bond donors (Lipinski definition) is 2. The lowest BCUT2D eigenvalue weighted by atomic mass is 10.1. The number of aromatic nitrogens is 1. The predicted molar refractivity (Wildman–Crippen MR) is 105 cm³/mol. The Morgan fingerprint density at radius 3 is 3.00 bits per heavy atom. The minimum atomic E-state index is -0.198. The minimum absolute atomic E-state index is 0.0370. The number of aryl methyl sites for hydroxylation is 1. The quantitative estimate of drug-likeness (QED) is 0.689. The lowest BCUT2D eigenvalue weighted by Gasteiger charge is -2.33. The maximum Gasteiger partial charge on any atom is 0.169 e. The molecule has 0 spiro atoms. The van der Waals surface area contributed by atoms with Crippen molar-refractivity contribution in [3.8, 4) is 11.5 Å². The third kappa shape index (κ3) is 3.71. The molecule has 4 rings (SSSR count). The topological polar surface area (TPSA) is 49.5 Å². The number of aromatic amines is 1. The first kappa shape index (κ1) is 17.7. The van der Waals surface area contributed by atoms with Gasteiger partial charge in [-0.25, -0.2) is 4.39 Å². The smallest absolute Gasteiger partial charge is 0.169 e. The van der Waals surface area contributed by atoms with Gasteiger partial charge in [-0.3, -0.25) is 4.90 Å². The normalized spacial score (nSPS) is 16.1. The van der Waals surface area contributed by atoms with E-state index in [0.717, 1.165) is 59.6 Å². The van der Waals surface area contributed by atoms with Gasteiger partial charge in [-0.1, -0.05) is 0 Å². The number of H-pyrrole nitrogens is 1. The van der Waals surface area contributed by atoms with Crippen molar-refractivity contribution >= 4 is 16.6 Å². The first-order valence-electron chi connectivity index (χ1n) is 9.18. The van der Waals surface area contributed by atoms with E-state index in [1.54, 1.807) is 19.2 Å². The second-order valence-corrected chi connectivity index (χ2v) is 6.90. The van der Waals surface area contributed by atoms with Crippen molar-refractivity contribution in [3.05, 3.63) is 54.0 Å². The van der Waals surface area contributed by atoms with Gasteiger partial charge in [-0.05, 0) is 55.8 Å². The van der Waals surface area contributed by atoms with Crippen molar-refractivity contribution in [3.63, 3.8) is 0 Å². The molecule has 0 bridgehead atoms. The number of rotatable bonds is 6. The van der Waals surface area contributed by atoms with Gasteiger partial charge in [-0.15, -0.1) is 0 Å². The molecule has 5 nitrogen and oxygen atoms in total. The molecule has 2 aromatic carbocycles. The van der Waals surface area contributed by atoms with E-state index in [-0.39, 0.29) is 12.0 Å². The van der Waals surface area contributed by atoms with E-state index in [2.05, 4.69) is 22.2 Å². The van der Waals surface area contributed by atoms with Gasteiger partial charge in [-0.2, -0.15) is 0 Å². The molecule has 0 saturated heterocycles. The Bertz CT molecular complexity index is 940. The van der Waals surface area contributed by atoms with Gasteiger partial charge in [0.15, 0.2) is 6.23 Å². The highest BCUT2D eigenvalue weighted by atomic mass is 19.1. The number of methoxy groups -OCH3 is 1. The van der Waals surface area contributed by atoms with Gasteiger partial charge in [0, 0.05) is 29.7 Å². The first-order chi connectivity index (χ1) is 13.1. The van der Waals surface area contributed by atoms with Crippen LogP contribution in [0.15, 0.2) is 42.6 Å². The summed E-state index contributed by atoms with van der Waals surface area (Å²) in [4.78, 5) is 5.41. The van der Waals surface area contributed by atoms with Crippen LogP contribution in [-0.4, -0.2) is 43.4 Å². The Morgan fingerprint density at radius 1 is 1.26 bits per heavy atom. The summed E-state index contributed by atoms with van der Waals surface area (Å²) in [6, 6.07) is 10.7. The molecule has 1 aromatic heterocycles. The second-order valence-electron chi connectivity index (χ2n) is 6.90. The standard InChI is InChI=1S/C21H24FN3O2/c1-25(21-13-24-19-8-6-16(26-2)11-20(19)27-21)9-3-4-14-12-23-18-7-5-15(22)10-17(14)18/h5-8,10-12,21,23-24H,3-4,9,13H2,1-2H3. The number of nitrogens with one attached hydrogen (secondary N) is 2. The average molecular weight is 369 g/mol. The van der Waals surface area contributed by atoms with Crippen LogP contribution in [0.5, 0.6) is 11.5 Å². The number of ether oxygens (including phenoxy) is 2. The summed E-state index contributed by atoms with van der Waals surface area (Å²) in [6.45, 7) is 1.61. The van der Waals surface area contributed by atoms with Crippen molar-refractivity contribution in [1.82, 2.24) is 9.88 Å². The van der Waals surface area contributed by atoms with Crippen LogP contribution >= 0.6 is 0 Å². The molecule has 0 radical (unpaired) electrons. The van der Waals surface area contributed by atoms with Gasteiger partial charge in [0.05, 0.1) is 19.3 Å². The van der Waals surface area contributed by atoms with Gasteiger partial charge >= 0.3 is 0 Å². The van der Waals surface area contributed by atoms with E-state index >= 15 is 0 Å². The summed E-state index contributed by atoms with van der Waals surface area (Å²) in [6.07, 6.45) is 3.79. The van der Waals surface area contributed by atoms with Gasteiger partial charge in [0.25, 0.3) is 0 Å². The molecule has 0 amide bonds. The molecule has 1 atom stereocenters. The molecule has 142 valence electrons.